The Morgan fingerprint density at radius 1 is 1.47 bits per heavy atom. The fourth-order valence-electron chi connectivity index (χ4n) is 2.43. The smallest absolute Gasteiger partial charge is 0.319 e. The Morgan fingerprint density at radius 2 is 2.13 bits per heavy atom. The number of hydrogen-bond acceptors (Lipinski definition) is 4. The van der Waals surface area contributed by atoms with Crippen LogP contribution in [-0.4, -0.2) is 44.2 Å². The summed E-state index contributed by atoms with van der Waals surface area (Å²) in [4.78, 5) is 13.3. The van der Waals surface area contributed by atoms with E-state index in [2.05, 4.69) is 9.64 Å². The Kier molecular flexibility index (Phi) is 5.05. The molecule has 0 aromatic carbocycles. The highest BCUT2D eigenvalue weighted by molar-refractivity contribution is 5.71. The second-order valence-electron chi connectivity index (χ2n) is 4.34. The molecule has 88 valence electrons. The highest BCUT2D eigenvalue weighted by atomic mass is 16.5. The molecular weight excluding hydrogens is 192 g/mol. The van der Waals surface area contributed by atoms with Crippen LogP contribution in [-0.2, 0) is 9.53 Å². The molecule has 0 heterocycles. The predicted octanol–water partition coefficient (Wildman–Crippen LogP) is 0.609. The fourth-order valence-corrected chi connectivity index (χ4v) is 2.43. The molecule has 2 atom stereocenters. The van der Waals surface area contributed by atoms with Crippen LogP contribution < -0.4 is 5.73 Å². The number of likely N-dealkylation sites (N-methyl/N-ethyl adjacent to an activating group) is 1. The van der Waals surface area contributed by atoms with Crippen LogP contribution >= 0.6 is 0 Å². The number of carbonyl (C=O) groups is 1. The molecular formula is C11H22N2O2. The standard InChI is InChI=1S/C11H22N2O2/c1-13(8-11(14)15-2)10-6-4-3-5-9(10)7-12/h9-10H,3-8,12H2,1-2H3. The average Bonchev–Trinajstić information content (AvgIpc) is 2.28. The lowest BCUT2D eigenvalue weighted by molar-refractivity contribution is -0.142. The summed E-state index contributed by atoms with van der Waals surface area (Å²) in [7, 11) is 3.41. The van der Waals surface area contributed by atoms with Gasteiger partial charge in [-0.15, -0.1) is 0 Å². The molecule has 0 radical (unpaired) electrons. The maximum absolute atomic E-state index is 11.2. The zero-order valence-electron chi connectivity index (χ0n) is 9.74. The lowest BCUT2D eigenvalue weighted by atomic mass is 9.84. The first-order valence-electron chi connectivity index (χ1n) is 5.66. The highest BCUT2D eigenvalue weighted by Gasteiger charge is 2.28. The first-order valence-corrected chi connectivity index (χ1v) is 5.66. The second-order valence-corrected chi connectivity index (χ2v) is 4.34. The van der Waals surface area contributed by atoms with Gasteiger partial charge in [-0.2, -0.15) is 0 Å². The van der Waals surface area contributed by atoms with E-state index in [4.69, 9.17) is 5.73 Å². The van der Waals surface area contributed by atoms with Gasteiger partial charge in [-0.1, -0.05) is 12.8 Å². The summed E-state index contributed by atoms with van der Waals surface area (Å²) in [5, 5.41) is 0. The molecule has 0 aliphatic heterocycles. The lowest BCUT2D eigenvalue weighted by Crippen LogP contribution is -2.45. The minimum absolute atomic E-state index is 0.168. The van der Waals surface area contributed by atoms with Gasteiger partial charge in [-0.05, 0) is 32.4 Å². The summed E-state index contributed by atoms with van der Waals surface area (Å²) in [5.74, 6) is 0.368. The molecule has 0 spiro atoms. The topological polar surface area (TPSA) is 55.6 Å². The van der Waals surface area contributed by atoms with Crippen molar-refractivity contribution in [3.05, 3.63) is 0 Å². The van der Waals surface area contributed by atoms with Crippen molar-refractivity contribution in [1.82, 2.24) is 4.90 Å². The summed E-state index contributed by atoms with van der Waals surface area (Å²) in [6, 6.07) is 0.447. The summed E-state index contributed by atoms with van der Waals surface area (Å²) in [5.41, 5.74) is 5.75. The number of nitrogens with zero attached hydrogens (tertiary/aromatic N) is 1. The van der Waals surface area contributed by atoms with Crippen molar-refractivity contribution in [3.63, 3.8) is 0 Å². The molecule has 0 amide bonds. The molecule has 0 aromatic rings. The van der Waals surface area contributed by atoms with Crippen LogP contribution in [0.15, 0.2) is 0 Å². The van der Waals surface area contributed by atoms with Crippen LogP contribution in [0.1, 0.15) is 25.7 Å². The van der Waals surface area contributed by atoms with Crippen molar-refractivity contribution in [1.29, 1.82) is 0 Å². The quantitative estimate of drug-likeness (QED) is 0.697. The van der Waals surface area contributed by atoms with Crippen molar-refractivity contribution in [3.8, 4) is 0 Å². The molecule has 4 heteroatoms. The van der Waals surface area contributed by atoms with Gasteiger partial charge in [0.2, 0.25) is 0 Å². The van der Waals surface area contributed by atoms with Gasteiger partial charge in [0.1, 0.15) is 0 Å². The third kappa shape index (κ3) is 3.47. The molecule has 4 nitrogen and oxygen atoms in total. The zero-order chi connectivity index (χ0) is 11.3. The van der Waals surface area contributed by atoms with Gasteiger partial charge in [0, 0.05) is 6.04 Å². The maximum atomic E-state index is 11.2. The number of nitrogens with two attached hydrogens (primary N) is 1. The summed E-state index contributed by atoms with van der Waals surface area (Å²) >= 11 is 0. The third-order valence-electron chi connectivity index (χ3n) is 3.34. The molecule has 1 aliphatic carbocycles. The largest absolute Gasteiger partial charge is 0.468 e. The average molecular weight is 214 g/mol. The first-order chi connectivity index (χ1) is 7.19. The molecule has 2 unspecified atom stereocenters. The van der Waals surface area contributed by atoms with E-state index in [0.717, 1.165) is 13.0 Å². The van der Waals surface area contributed by atoms with E-state index in [1.165, 1.54) is 26.4 Å². The Balaban J connectivity index is 2.47. The normalized spacial score (nSPS) is 26.7. The molecule has 1 saturated carbocycles. The minimum atomic E-state index is -0.168. The predicted molar refractivity (Wildman–Crippen MR) is 59.4 cm³/mol. The van der Waals surface area contributed by atoms with Gasteiger partial charge in [0.15, 0.2) is 0 Å². The second kappa shape index (κ2) is 6.08. The van der Waals surface area contributed by atoms with E-state index in [0.29, 0.717) is 18.5 Å². The minimum Gasteiger partial charge on any atom is -0.468 e. The van der Waals surface area contributed by atoms with Crippen LogP contribution in [0.25, 0.3) is 0 Å². The van der Waals surface area contributed by atoms with Crippen LogP contribution in [0.5, 0.6) is 0 Å². The molecule has 0 aromatic heterocycles. The molecule has 1 rings (SSSR count). The van der Waals surface area contributed by atoms with Gasteiger partial charge >= 0.3 is 5.97 Å². The SMILES string of the molecule is COC(=O)CN(C)C1CCCCC1CN. The van der Waals surface area contributed by atoms with Gasteiger partial charge in [0.05, 0.1) is 13.7 Å². The highest BCUT2D eigenvalue weighted by Crippen LogP contribution is 2.26. The molecule has 2 N–H and O–H groups in total. The van der Waals surface area contributed by atoms with Crippen LogP contribution in [0.2, 0.25) is 0 Å². The van der Waals surface area contributed by atoms with Crippen molar-refractivity contribution < 1.29 is 9.53 Å². The van der Waals surface area contributed by atoms with Crippen molar-refractivity contribution in [2.24, 2.45) is 11.7 Å². The lowest BCUT2D eigenvalue weighted by Gasteiger charge is -2.36. The maximum Gasteiger partial charge on any atom is 0.319 e. The molecule has 0 saturated heterocycles. The number of methoxy groups -OCH3 is 1. The third-order valence-corrected chi connectivity index (χ3v) is 3.34. The molecule has 15 heavy (non-hydrogen) atoms. The molecule has 1 fully saturated rings. The number of rotatable bonds is 4. The van der Waals surface area contributed by atoms with Crippen molar-refractivity contribution in [2.45, 2.75) is 31.7 Å². The molecule has 0 bridgehead atoms. The number of ether oxygens (including phenoxy) is 1. The number of hydrogen-bond donors (Lipinski definition) is 1. The van der Waals surface area contributed by atoms with Crippen molar-refractivity contribution in [2.75, 3.05) is 27.2 Å². The van der Waals surface area contributed by atoms with E-state index in [9.17, 15) is 4.79 Å². The fraction of sp³-hybridized carbons (Fsp3) is 0.909. The Morgan fingerprint density at radius 3 is 2.73 bits per heavy atom. The van der Waals surface area contributed by atoms with Gasteiger partial charge in [-0.25, -0.2) is 0 Å². The van der Waals surface area contributed by atoms with Gasteiger partial charge < -0.3 is 10.5 Å². The monoisotopic (exact) mass is 214 g/mol. The van der Waals surface area contributed by atoms with Crippen LogP contribution in [0, 0.1) is 5.92 Å². The van der Waals surface area contributed by atoms with E-state index >= 15 is 0 Å². The molecule has 1 aliphatic rings. The van der Waals surface area contributed by atoms with Crippen LogP contribution in [0.3, 0.4) is 0 Å². The van der Waals surface area contributed by atoms with E-state index in [-0.39, 0.29) is 5.97 Å². The first kappa shape index (κ1) is 12.5. The summed E-state index contributed by atoms with van der Waals surface area (Å²) in [6.07, 6.45) is 4.85. The summed E-state index contributed by atoms with van der Waals surface area (Å²) < 4.78 is 4.67. The Bertz CT molecular complexity index is 209. The van der Waals surface area contributed by atoms with E-state index < -0.39 is 0 Å². The zero-order valence-corrected chi connectivity index (χ0v) is 9.74. The Labute approximate surface area is 91.8 Å². The Hall–Kier alpha value is -0.610. The van der Waals surface area contributed by atoms with Gasteiger partial charge in [-0.3, -0.25) is 9.69 Å². The van der Waals surface area contributed by atoms with Crippen molar-refractivity contribution >= 4 is 5.97 Å². The van der Waals surface area contributed by atoms with Gasteiger partial charge in [0.25, 0.3) is 0 Å². The van der Waals surface area contributed by atoms with E-state index in [1.54, 1.807) is 0 Å². The van der Waals surface area contributed by atoms with E-state index in [1.807, 2.05) is 7.05 Å². The number of carbonyl (C=O) groups excluding carboxylic acids is 1. The summed E-state index contributed by atoms with van der Waals surface area (Å²) in [6.45, 7) is 1.09. The number of esters is 1. The van der Waals surface area contributed by atoms with Crippen LogP contribution in [0.4, 0.5) is 0 Å².